The smallest absolute Gasteiger partial charge is 0.245 e. The zero-order valence-electron chi connectivity index (χ0n) is 3.33. The molecule has 5 heteroatoms. The Bertz CT molecular complexity index is 201. The van der Waals surface area contributed by atoms with Crippen LogP contribution < -0.4 is 5.69 Å². The summed E-state index contributed by atoms with van der Waals surface area (Å²) in [4.78, 5) is 10.2. The van der Waals surface area contributed by atoms with E-state index in [1.807, 2.05) is 0 Å². The molecule has 0 bridgehead atoms. The van der Waals surface area contributed by atoms with E-state index in [1.54, 1.807) is 0 Å². The molecule has 0 aliphatic rings. The van der Waals surface area contributed by atoms with Crippen LogP contribution in [0.15, 0.2) is 11.1 Å². The number of H-pyrrole nitrogens is 1. The molecule has 0 atom stereocenters. The van der Waals surface area contributed by atoms with Crippen LogP contribution in [0.2, 0.25) is 0 Å². The van der Waals surface area contributed by atoms with Crippen LogP contribution in [0, 0.1) is 0 Å². The summed E-state index contributed by atoms with van der Waals surface area (Å²) < 4.78 is 1.06. The molecule has 0 saturated heterocycles. The fraction of sp³-hybridized carbons (Fsp3) is 0. The molecule has 0 aromatic carbocycles. The van der Waals surface area contributed by atoms with Crippen LogP contribution in [0.1, 0.15) is 0 Å². The standard InChI is InChI=1S/C2H3N3OS/c6-2-4-3-1-5(2)7/h1,7H,(H,4,6). The van der Waals surface area contributed by atoms with E-state index >= 15 is 0 Å². The van der Waals surface area contributed by atoms with Crippen LogP contribution in [-0.4, -0.2) is 14.2 Å². The van der Waals surface area contributed by atoms with E-state index in [0.717, 1.165) is 3.97 Å². The van der Waals surface area contributed by atoms with Crippen molar-refractivity contribution in [3.05, 3.63) is 16.8 Å². The number of hydrogen-bond donors (Lipinski definition) is 2. The van der Waals surface area contributed by atoms with Gasteiger partial charge in [-0.05, 0) is 0 Å². The quantitative estimate of drug-likeness (QED) is 0.440. The van der Waals surface area contributed by atoms with Crippen molar-refractivity contribution in [2.24, 2.45) is 0 Å². The Hall–Kier alpha value is -0.710. The molecular formula is C2H3N3OS. The largest absolute Gasteiger partial charge is 0.353 e. The van der Waals surface area contributed by atoms with E-state index in [2.05, 4.69) is 23.0 Å². The van der Waals surface area contributed by atoms with Gasteiger partial charge in [-0.1, -0.05) is 12.8 Å². The Labute approximate surface area is 44.7 Å². The van der Waals surface area contributed by atoms with Gasteiger partial charge in [0.15, 0.2) is 0 Å². The lowest BCUT2D eigenvalue weighted by Gasteiger charge is -1.72. The Morgan fingerprint density at radius 1 is 2.00 bits per heavy atom. The van der Waals surface area contributed by atoms with E-state index in [-0.39, 0.29) is 5.69 Å². The summed E-state index contributed by atoms with van der Waals surface area (Å²) >= 11 is 3.66. The van der Waals surface area contributed by atoms with Crippen LogP contribution in [0.4, 0.5) is 0 Å². The number of aromatic amines is 1. The maximum atomic E-state index is 10.2. The van der Waals surface area contributed by atoms with Gasteiger partial charge in [-0.2, -0.15) is 5.10 Å². The molecule has 4 nitrogen and oxygen atoms in total. The molecule has 1 N–H and O–H groups in total. The number of thiol groups is 1. The summed E-state index contributed by atoms with van der Waals surface area (Å²) in [7, 11) is 0. The Kier molecular flexibility index (Phi) is 0.900. The van der Waals surface area contributed by atoms with Gasteiger partial charge in [-0.15, -0.1) is 0 Å². The van der Waals surface area contributed by atoms with E-state index in [1.165, 1.54) is 6.33 Å². The number of nitrogens with zero attached hydrogens (tertiary/aromatic N) is 2. The lowest BCUT2D eigenvalue weighted by Crippen LogP contribution is -2.07. The molecule has 7 heavy (non-hydrogen) atoms. The first-order valence-corrected chi connectivity index (χ1v) is 2.02. The monoisotopic (exact) mass is 117 g/mol. The SMILES string of the molecule is O=c1[nH]ncn1S. The van der Waals surface area contributed by atoms with Crippen molar-refractivity contribution in [2.75, 3.05) is 0 Å². The van der Waals surface area contributed by atoms with Crippen molar-refractivity contribution in [1.29, 1.82) is 0 Å². The van der Waals surface area contributed by atoms with E-state index < -0.39 is 0 Å². The fourth-order valence-electron chi connectivity index (χ4n) is 0.242. The highest BCUT2D eigenvalue weighted by Gasteiger charge is 1.83. The van der Waals surface area contributed by atoms with Gasteiger partial charge in [0.1, 0.15) is 6.33 Å². The number of rotatable bonds is 0. The zero-order chi connectivity index (χ0) is 5.28. The van der Waals surface area contributed by atoms with Gasteiger partial charge in [0.05, 0.1) is 0 Å². The Morgan fingerprint density at radius 2 is 2.71 bits per heavy atom. The average Bonchev–Trinajstić information content (AvgIpc) is 1.91. The molecule has 0 aliphatic carbocycles. The molecule has 0 saturated carbocycles. The minimum absolute atomic E-state index is 0.316. The van der Waals surface area contributed by atoms with Gasteiger partial charge in [0.25, 0.3) is 0 Å². The first-order valence-electron chi connectivity index (χ1n) is 1.62. The average molecular weight is 117 g/mol. The first-order chi connectivity index (χ1) is 3.30. The lowest BCUT2D eigenvalue weighted by atomic mass is 11.3. The summed E-state index contributed by atoms with van der Waals surface area (Å²) in [5.41, 5.74) is -0.316. The van der Waals surface area contributed by atoms with Gasteiger partial charge < -0.3 is 0 Å². The minimum atomic E-state index is -0.316. The maximum Gasteiger partial charge on any atom is 0.353 e. The molecule has 0 aliphatic heterocycles. The Balaban J connectivity index is 3.39. The number of nitrogens with one attached hydrogen (secondary N) is 1. The summed E-state index contributed by atoms with van der Waals surface area (Å²) in [5.74, 6) is 0. The van der Waals surface area contributed by atoms with Gasteiger partial charge in [-0.25, -0.2) is 13.9 Å². The predicted molar refractivity (Wildman–Crippen MR) is 27.2 cm³/mol. The molecule has 0 amide bonds. The molecule has 0 spiro atoms. The highest BCUT2D eigenvalue weighted by atomic mass is 32.1. The second-order valence-corrected chi connectivity index (χ2v) is 1.44. The van der Waals surface area contributed by atoms with E-state index in [0.29, 0.717) is 0 Å². The van der Waals surface area contributed by atoms with Crippen molar-refractivity contribution < 1.29 is 0 Å². The zero-order valence-corrected chi connectivity index (χ0v) is 4.22. The van der Waals surface area contributed by atoms with Crippen molar-refractivity contribution >= 4 is 12.8 Å². The molecule has 1 heterocycles. The number of aromatic nitrogens is 3. The van der Waals surface area contributed by atoms with Gasteiger partial charge in [0.2, 0.25) is 0 Å². The third-order valence-corrected chi connectivity index (χ3v) is 0.820. The number of hydrogen-bond acceptors (Lipinski definition) is 3. The van der Waals surface area contributed by atoms with Crippen molar-refractivity contribution in [1.82, 2.24) is 14.2 Å². The van der Waals surface area contributed by atoms with Crippen LogP contribution in [0.3, 0.4) is 0 Å². The van der Waals surface area contributed by atoms with Gasteiger partial charge >= 0.3 is 5.69 Å². The molecule has 0 fully saturated rings. The van der Waals surface area contributed by atoms with E-state index in [4.69, 9.17) is 0 Å². The third kappa shape index (κ3) is 0.663. The maximum absolute atomic E-state index is 10.2. The van der Waals surface area contributed by atoms with Crippen LogP contribution in [0.5, 0.6) is 0 Å². The fourth-order valence-corrected chi connectivity index (χ4v) is 0.339. The molecule has 1 aromatic heterocycles. The van der Waals surface area contributed by atoms with Crippen LogP contribution >= 0.6 is 12.8 Å². The van der Waals surface area contributed by atoms with Crippen LogP contribution in [-0.2, 0) is 0 Å². The van der Waals surface area contributed by atoms with Crippen molar-refractivity contribution in [2.45, 2.75) is 0 Å². The van der Waals surface area contributed by atoms with Crippen molar-refractivity contribution in [3.63, 3.8) is 0 Å². The summed E-state index contributed by atoms with van der Waals surface area (Å²) in [6.45, 7) is 0. The molecule has 0 radical (unpaired) electrons. The minimum Gasteiger partial charge on any atom is -0.245 e. The second-order valence-electron chi connectivity index (χ2n) is 1.01. The molecular weight excluding hydrogens is 114 g/mol. The molecule has 1 rings (SSSR count). The molecule has 0 unspecified atom stereocenters. The highest BCUT2D eigenvalue weighted by molar-refractivity contribution is 7.78. The second kappa shape index (κ2) is 1.42. The third-order valence-electron chi connectivity index (χ3n) is 0.535. The van der Waals surface area contributed by atoms with Crippen LogP contribution in [0.25, 0.3) is 0 Å². The van der Waals surface area contributed by atoms with Crippen molar-refractivity contribution in [3.8, 4) is 0 Å². The summed E-state index contributed by atoms with van der Waals surface area (Å²) in [6.07, 6.45) is 1.28. The highest BCUT2D eigenvalue weighted by Crippen LogP contribution is 1.70. The first kappa shape index (κ1) is 4.45. The van der Waals surface area contributed by atoms with Gasteiger partial charge in [-0.3, -0.25) is 0 Å². The Morgan fingerprint density at radius 3 is 2.86 bits per heavy atom. The van der Waals surface area contributed by atoms with Gasteiger partial charge in [0, 0.05) is 0 Å². The topological polar surface area (TPSA) is 50.7 Å². The summed E-state index contributed by atoms with van der Waals surface area (Å²) in [6, 6.07) is 0. The molecule has 38 valence electrons. The molecule has 1 aromatic rings. The lowest BCUT2D eigenvalue weighted by molar-refractivity contribution is 1.05. The predicted octanol–water partition coefficient (Wildman–Crippen LogP) is -0.736. The summed E-state index contributed by atoms with van der Waals surface area (Å²) in [5, 5.41) is 5.52. The van der Waals surface area contributed by atoms with E-state index in [9.17, 15) is 4.79 Å². The normalized spacial score (nSPS) is 9.29.